The van der Waals surface area contributed by atoms with Gasteiger partial charge in [-0.3, -0.25) is 15.1 Å². The molecule has 1 amide bonds. The van der Waals surface area contributed by atoms with Crippen molar-refractivity contribution in [2.75, 3.05) is 5.32 Å². The summed E-state index contributed by atoms with van der Waals surface area (Å²) in [4.78, 5) is 30.4. The van der Waals surface area contributed by atoms with Crippen molar-refractivity contribution in [3.63, 3.8) is 0 Å². The van der Waals surface area contributed by atoms with Gasteiger partial charge in [-0.15, -0.1) is 11.3 Å². The molecular weight excluding hydrogens is 360 g/mol. The molecular formula is C21H18N2O3S. The van der Waals surface area contributed by atoms with Gasteiger partial charge in [0.2, 0.25) is 0 Å². The molecule has 6 heteroatoms. The summed E-state index contributed by atoms with van der Waals surface area (Å²) >= 11 is 1.47. The number of ether oxygens (including phenoxy) is 1. The SMILES string of the molecule is O=C(Nc1sc2c(c1C(=O)c1ccncc1)CCC2)OCc1ccccc1. The van der Waals surface area contributed by atoms with Crippen molar-refractivity contribution in [3.8, 4) is 0 Å². The number of ketones is 1. The molecule has 0 unspecified atom stereocenters. The summed E-state index contributed by atoms with van der Waals surface area (Å²) in [5, 5.41) is 3.35. The van der Waals surface area contributed by atoms with E-state index in [1.807, 2.05) is 30.3 Å². The summed E-state index contributed by atoms with van der Waals surface area (Å²) in [6.45, 7) is 0.186. The van der Waals surface area contributed by atoms with Gasteiger partial charge in [0, 0.05) is 22.8 Å². The van der Waals surface area contributed by atoms with Crippen LogP contribution in [0.5, 0.6) is 0 Å². The lowest BCUT2D eigenvalue weighted by Crippen LogP contribution is -2.15. The number of hydrogen-bond donors (Lipinski definition) is 1. The van der Waals surface area contributed by atoms with Crippen LogP contribution in [0.15, 0.2) is 54.9 Å². The van der Waals surface area contributed by atoms with Crippen LogP contribution in [-0.4, -0.2) is 16.9 Å². The van der Waals surface area contributed by atoms with Gasteiger partial charge in [-0.25, -0.2) is 4.79 Å². The van der Waals surface area contributed by atoms with Gasteiger partial charge in [-0.2, -0.15) is 0 Å². The number of nitrogens with zero attached hydrogens (tertiary/aromatic N) is 1. The third-order valence-electron chi connectivity index (χ3n) is 4.52. The molecule has 0 saturated heterocycles. The van der Waals surface area contributed by atoms with E-state index < -0.39 is 6.09 Å². The van der Waals surface area contributed by atoms with Crippen LogP contribution in [0.1, 0.15) is 38.3 Å². The van der Waals surface area contributed by atoms with E-state index in [9.17, 15) is 9.59 Å². The number of nitrogens with one attached hydrogen (secondary N) is 1. The molecule has 1 aromatic carbocycles. The van der Waals surface area contributed by atoms with Gasteiger partial charge in [0.25, 0.3) is 0 Å². The quantitative estimate of drug-likeness (QED) is 0.658. The smallest absolute Gasteiger partial charge is 0.412 e. The lowest BCUT2D eigenvalue weighted by Gasteiger charge is -2.09. The molecule has 0 spiro atoms. The van der Waals surface area contributed by atoms with Crippen molar-refractivity contribution in [1.29, 1.82) is 0 Å². The number of rotatable bonds is 5. The first-order valence-electron chi connectivity index (χ1n) is 8.79. The molecule has 0 radical (unpaired) electrons. The van der Waals surface area contributed by atoms with E-state index in [0.29, 0.717) is 16.1 Å². The van der Waals surface area contributed by atoms with E-state index in [0.717, 1.165) is 30.4 Å². The van der Waals surface area contributed by atoms with Gasteiger partial charge in [0.05, 0.1) is 5.56 Å². The van der Waals surface area contributed by atoms with Gasteiger partial charge < -0.3 is 4.74 Å². The number of amides is 1. The number of anilines is 1. The molecule has 1 aliphatic carbocycles. The molecule has 136 valence electrons. The fraction of sp³-hybridized carbons (Fsp3) is 0.190. The van der Waals surface area contributed by atoms with Crippen LogP contribution in [0.3, 0.4) is 0 Å². The Hall–Kier alpha value is -2.99. The maximum absolute atomic E-state index is 13.0. The highest BCUT2D eigenvalue weighted by Gasteiger charge is 2.28. The molecule has 0 saturated carbocycles. The molecule has 0 atom stereocenters. The number of thiophene rings is 1. The highest BCUT2D eigenvalue weighted by molar-refractivity contribution is 7.17. The second-order valence-corrected chi connectivity index (χ2v) is 7.42. The highest BCUT2D eigenvalue weighted by atomic mass is 32.1. The van der Waals surface area contributed by atoms with Gasteiger partial charge in [-0.05, 0) is 42.5 Å². The predicted molar refractivity (Wildman–Crippen MR) is 104 cm³/mol. The molecule has 27 heavy (non-hydrogen) atoms. The Labute approximate surface area is 161 Å². The monoisotopic (exact) mass is 378 g/mol. The minimum atomic E-state index is -0.553. The summed E-state index contributed by atoms with van der Waals surface area (Å²) in [7, 11) is 0. The van der Waals surface area contributed by atoms with Crippen molar-refractivity contribution >= 4 is 28.2 Å². The molecule has 3 aromatic rings. The summed E-state index contributed by atoms with van der Waals surface area (Å²) < 4.78 is 5.31. The lowest BCUT2D eigenvalue weighted by atomic mass is 10.0. The summed E-state index contributed by atoms with van der Waals surface area (Å²) in [6.07, 6.45) is 5.48. The normalized spacial score (nSPS) is 12.4. The van der Waals surface area contributed by atoms with E-state index in [4.69, 9.17) is 4.74 Å². The summed E-state index contributed by atoms with van der Waals surface area (Å²) in [5.74, 6) is -0.0878. The third kappa shape index (κ3) is 3.75. The number of pyridine rings is 1. The van der Waals surface area contributed by atoms with Gasteiger partial charge in [-0.1, -0.05) is 30.3 Å². The number of fused-ring (bicyclic) bond motifs is 1. The molecule has 1 aliphatic rings. The number of hydrogen-bond acceptors (Lipinski definition) is 5. The molecule has 0 fully saturated rings. The average molecular weight is 378 g/mol. The predicted octanol–water partition coefficient (Wildman–Crippen LogP) is 4.61. The van der Waals surface area contributed by atoms with Crippen LogP contribution in [-0.2, 0) is 24.2 Å². The van der Waals surface area contributed by atoms with Crippen LogP contribution < -0.4 is 5.32 Å². The van der Waals surface area contributed by atoms with Gasteiger partial charge in [0.1, 0.15) is 11.6 Å². The Morgan fingerprint density at radius 1 is 1.07 bits per heavy atom. The third-order valence-corrected chi connectivity index (χ3v) is 5.73. The van der Waals surface area contributed by atoms with E-state index in [1.165, 1.54) is 16.2 Å². The number of benzene rings is 1. The van der Waals surface area contributed by atoms with E-state index in [2.05, 4.69) is 10.3 Å². The molecule has 4 rings (SSSR count). The van der Waals surface area contributed by atoms with Crippen molar-refractivity contribution in [1.82, 2.24) is 4.98 Å². The van der Waals surface area contributed by atoms with Crippen molar-refractivity contribution in [2.24, 2.45) is 0 Å². The summed E-state index contributed by atoms with van der Waals surface area (Å²) in [6, 6.07) is 12.9. The fourth-order valence-corrected chi connectivity index (χ4v) is 4.50. The van der Waals surface area contributed by atoms with Crippen LogP contribution in [0.2, 0.25) is 0 Å². The number of aryl methyl sites for hydroxylation is 1. The van der Waals surface area contributed by atoms with Gasteiger partial charge >= 0.3 is 6.09 Å². The Kier molecular flexibility index (Phi) is 4.98. The number of aromatic nitrogens is 1. The zero-order chi connectivity index (χ0) is 18.6. The second-order valence-electron chi connectivity index (χ2n) is 6.31. The Bertz CT molecular complexity index is 968. The van der Waals surface area contributed by atoms with E-state index >= 15 is 0 Å². The van der Waals surface area contributed by atoms with Crippen molar-refractivity contribution in [2.45, 2.75) is 25.9 Å². The average Bonchev–Trinajstić information content (AvgIpc) is 3.28. The standard InChI is InChI=1S/C21H18N2O3S/c24-19(15-9-11-22-12-10-15)18-16-7-4-8-17(16)27-20(18)23-21(25)26-13-14-5-2-1-3-6-14/h1-3,5-6,9-12H,4,7-8,13H2,(H,23,25). The van der Waals surface area contributed by atoms with E-state index in [1.54, 1.807) is 24.5 Å². The number of carbonyl (C=O) groups is 2. The first-order valence-corrected chi connectivity index (χ1v) is 9.61. The van der Waals surface area contributed by atoms with Crippen LogP contribution in [0, 0.1) is 0 Å². The number of carbonyl (C=O) groups excluding carboxylic acids is 2. The molecule has 2 aromatic heterocycles. The first kappa shape index (κ1) is 17.4. The van der Waals surface area contributed by atoms with E-state index in [-0.39, 0.29) is 12.4 Å². The largest absolute Gasteiger partial charge is 0.444 e. The van der Waals surface area contributed by atoms with Crippen LogP contribution >= 0.6 is 11.3 Å². The van der Waals surface area contributed by atoms with Crippen molar-refractivity contribution in [3.05, 3.63) is 82.0 Å². The minimum absolute atomic E-state index is 0.0878. The minimum Gasteiger partial charge on any atom is -0.444 e. The molecule has 0 aliphatic heterocycles. The molecule has 2 heterocycles. The first-order chi connectivity index (χ1) is 13.2. The maximum atomic E-state index is 13.0. The van der Waals surface area contributed by atoms with Crippen molar-refractivity contribution < 1.29 is 14.3 Å². The fourth-order valence-electron chi connectivity index (χ4n) is 3.23. The Balaban J connectivity index is 1.54. The molecule has 1 N–H and O–H groups in total. The highest BCUT2D eigenvalue weighted by Crippen LogP contribution is 2.40. The van der Waals surface area contributed by atoms with Crippen LogP contribution in [0.25, 0.3) is 0 Å². The summed E-state index contributed by atoms with van der Waals surface area (Å²) in [5.41, 5.74) is 3.13. The zero-order valence-electron chi connectivity index (χ0n) is 14.6. The maximum Gasteiger partial charge on any atom is 0.412 e. The Morgan fingerprint density at radius 2 is 1.85 bits per heavy atom. The Morgan fingerprint density at radius 3 is 2.63 bits per heavy atom. The molecule has 5 nitrogen and oxygen atoms in total. The molecule has 0 bridgehead atoms. The zero-order valence-corrected chi connectivity index (χ0v) is 15.4. The topological polar surface area (TPSA) is 68.3 Å². The lowest BCUT2D eigenvalue weighted by molar-refractivity contribution is 0.103. The van der Waals surface area contributed by atoms with Crippen LogP contribution in [0.4, 0.5) is 9.80 Å². The van der Waals surface area contributed by atoms with Gasteiger partial charge in [0.15, 0.2) is 5.78 Å². The second kappa shape index (κ2) is 7.72.